The number of rotatable bonds is 23. The van der Waals surface area contributed by atoms with Gasteiger partial charge in [0.1, 0.15) is 23.9 Å². The van der Waals surface area contributed by atoms with Crippen LogP contribution in [0, 0.1) is 0 Å². The Bertz CT molecular complexity index is 1960. The van der Waals surface area contributed by atoms with E-state index in [0.717, 1.165) is 96.9 Å². The molecule has 1 heterocycles. The van der Waals surface area contributed by atoms with Crippen LogP contribution in [0.3, 0.4) is 0 Å². The minimum absolute atomic E-state index is 0. The molecule has 55 heavy (non-hydrogen) atoms. The fraction of sp³-hybridized carbons (Fsp3) is 0.500. The molecule has 0 aromatic heterocycles. The minimum Gasteiger partial charge on any atom is -0.492 e. The average Bonchev–Trinajstić information content (AvgIpc) is 3.18. The molecule has 1 aliphatic rings. The van der Waals surface area contributed by atoms with E-state index in [1.165, 1.54) is 19.3 Å². The van der Waals surface area contributed by atoms with Gasteiger partial charge in [-0.15, -0.1) is 12.4 Å². The molecule has 1 saturated heterocycles. The smallest absolute Gasteiger partial charge is 0.189 e. The van der Waals surface area contributed by atoms with Crippen LogP contribution in [0.25, 0.3) is 21.9 Å². The molecule has 0 saturated carbocycles. The number of fused-ring (bicyclic) bond motifs is 1. The number of hydrogen-bond donors (Lipinski definition) is 0. The van der Waals surface area contributed by atoms with Gasteiger partial charge in [-0.2, -0.15) is 0 Å². The fourth-order valence-electron chi connectivity index (χ4n) is 6.97. The number of hydrogen-bond acceptors (Lipinski definition) is 8. The Morgan fingerprint density at radius 2 is 1.16 bits per heavy atom. The van der Waals surface area contributed by atoms with E-state index >= 15 is 0 Å². The Labute approximate surface area is 336 Å². The highest BCUT2D eigenvalue weighted by molar-refractivity contribution is 7.91. The van der Waals surface area contributed by atoms with Gasteiger partial charge in [0.15, 0.2) is 31.6 Å². The summed E-state index contributed by atoms with van der Waals surface area (Å²) < 4.78 is 68.0. The number of sulfone groups is 2. The van der Waals surface area contributed by atoms with E-state index in [4.69, 9.17) is 14.2 Å². The molecule has 5 rings (SSSR count). The second-order valence-electron chi connectivity index (χ2n) is 14.6. The summed E-state index contributed by atoms with van der Waals surface area (Å²) in [6, 6.07) is 25.8. The Kier molecular flexibility index (Phi) is 18.1. The number of ether oxygens (including phenoxy) is 3. The first-order valence-electron chi connectivity index (χ1n) is 19.9. The van der Waals surface area contributed by atoms with Crippen LogP contribution in [-0.2, 0) is 26.1 Å². The first-order valence-corrected chi connectivity index (χ1v) is 23.6. The molecule has 4 aromatic rings. The van der Waals surface area contributed by atoms with Gasteiger partial charge in [-0.25, -0.2) is 16.8 Å². The van der Waals surface area contributed by atoms with Gasteiger partial charge in [-0.05, 0) is 115 Å². The van der Waals surface area contributed by atoms with Crippen LogP contribution in [0.2, 0.25) is 0 Å². The van der Waals surface area contributed by atoms with Crippen molar-refractivity contribution in [2.45, 2.75) is 90.9 Å². The zero-order valence-corrected chi connectivity index (χ0v) is 35.1. The number of benzene rings is 4. The van der Waals surface area contributed by atoms with Gasteiger partial charge in [0.25, 0.3) is 0 Å². The van der Waals surface area contributed by atoms with Crippen molar-refractivity contribution in [2.75, 3.05) is 49.6 Å². The van der Waals surface area contributed by atoms with Crippen LogP contribution < -0.4 is 14.2 Å². The highest BCUT2D eigenvalue weighted by Crippen LogP contribution is 2.35. The van der Waals surface area contributed by atoms with Crippen LogP contribution >= 0.6 is 12.4 Å². The van der Waals surface area contributed by atoms with Gasteiger partial charge in [0, 0.05) is 6.54 Å². The van der Waals surface area contributed by atoms with Crippen molar-refractivity contribution in [3.8, 4) is 28.4 Å². The lowest BCUT2D eigenvalue weighted by atomic mass is 9.90. The Morgan fingerprint density at radius 3 is 1.78 bits per heavy atom. The Morgan fingerprint density at radius 1 is 0.600 bits per heavy atom. The van der Waals surface area contributed by atoms with Gasteiger partial charge in [-0.3, -0.25) is 4.90 Å². The molecule has 0 spiro atoms. The van der Waals surface area contributed by atoms with Gasteiger partial charge in [0.05, 0.1) is 11.5 Å². The van der Waals surface area contributed by atoms with Crippen molar-refractivity contribution in [3.05, 3.63) is 90.0 Å². The van der Waals surface area contributed by atoms with Crippen LogP contribution in [0.4, 0.5) is 0 Å². The third kappa shape index (κ3) is 14.6. The van der Waals surface area contributed by atoms with Crippen LogP contribution in [0.1, 0.15) is 95.6 Å². The number of halogens is 1. The molecule has 4 aromatic carbocycles. The molecule has 0 atom stereocenters. The molecule has 0 unspecified atom stereocenters. The van der Waals surface area contributed by atoms with E-state index in [1.54, 1.807) is 0 Å². The van der Waals surface area contributed by atoms with Gasteiger partial charge in [0.2, 0.25) is 0 Å². The monoisotopic (exact) mass is 813 g/mol. The summed E-state index contributed by atoms with van der Waals surface area (Å²) >= 11 is 0. The summed E-state index contributed by atoms with van der Waals surface area (Å²) in [5, 5.41) is 1.99. The number of piperidine rings is 1. The van der Waals surface area contributed by atoms with Gasteiger partial charge >= 0.3 is 0 Å². The summed E-state index contributed by atoms with van der Waals surface area (Å²) in [4.78, 5) is 2.47. The zero-order chi connectivity index (χ0) is 38.2. The highest BCUT2D eigenvalue weighted by atomic mass is 35.5. The summed E-state index contributed by atoms with van der Waals surface area (Å²) in [6.07, 6.45) is 11.8. The van der Waals surface area contributed by atoms with E-state index in [9.17, 15) is 16.8 Å². The molecule has 302 valence electrons. The standard InChI is InChI=1S/C44H59NO7S2.ClH/c1-3-5-7-12-30-53(46,47)34-51-40-21-16-37(17-22-40)42-24-18-38-33-41(52-35-54(48,49)31-13-8-6-4-2)23-25-43(38)44(42)32-36-14-19-39(20-15-36)50-29-28-45-26-10-9-11-27-45;/h14-25,33H,3-13,26-32,34-35H2,1-2H3;1H. The second kappa shape index (κ2) is 22.4. The topological polar surface area (TPSA) is 99.2 Å². The molecule has 8 nitrogen and oxygen atoms in total. The van der Waals surface area contributed by atoms with Gasteiger partial charge < -0.3 is 14.2 Å². The van der Waals surface area contributed by atoms with E-state index in [-0.39, 0.29) is 35.8 Å². The third-order valence-corrected chi connectivity index (χ3v) is 12.9. The Balaban J connectivity index is 0.00000673. The first-order chi connectivity index (χ1) is 26.1. The van der Waals surface area contributed by atoms with Crippen LogP contribution in [0.5, 0.6) is 17.2 Å². The summed E-state index contributed by atoms with van der Waals surface area (Å²) in [5.74, 6) is 1.49. The number of likely N-dealkylation sites (tertiary alicyclic amines) is 1. The molecular formula is C44H60ClNO7S2. The average molecular weight is 815 g/mol. The molecule has 0 bridgehead atoms. The Hall–Kier alpha value is -3.31. The molecular weight excluding hydrogens is 754 g/mol. The lowest BCUT2D eigenvalue weighted by Crippen LogP contribution is -2.33. The maximum atomic E-state index is 12.6. The number of nitrogens with zero attached hydrogens (tertiary/aromatic N) is 1. The van der Waals surface area contributed by atoms with E-state index in [2.05, 4.69) is 36.9 Å². The quantitative estimate of drug-likeness (QED) is 0.0683. The summed E-state index contributed by atoms with van der Waals surface area (Å²) in [7, 11) is -6.62. The van der Waals surface area contributed by atoms with Crippen molar-refractivity contribution in [1.82, 2.24) is 4.90 Å². The normalized spacial score (nSPS) is 13.7. The predicted octanol–water partition coefficient (Wildman–Crippen LogP) is 10.0. The predicted molar refractivity (Wildman–Crippen MR) is 229 cm³/mol. The largest absolute Gasteiger partial charge is 0.492 e. The maximum Gasteiger partial charge on any atom is 0.189 e. The van der Waals surface area contributed by atoms with E-state index < -0.39 is 19.7 Å². The van der Waals surface area contributed by atoms with E-state index in [0.29, 0.717) is 37.4 Å². The molecule has 0 N–H and O–H groups in total. The molecule has 1 aliphatic heterocycles. The lowest BCUT2D eigenvalue weighted by molar-refractivity contribution is 0.183. The molecule has 0 radical (unpaired) electrons. The number of unbranched alkanes of at least 4 members (excludes halogenated alkanes) is 6. The molecule has 11 heteroatoms. The second-order valence-corrected chi connectivity index (χ2v) is 18.9. The van der Waals surface area contributed by atoms with Crippen molar-refractivity contribution >= 4 is 42.9 Å². The fourth-order valence-corrected chi connectivity index (χ4v) is 9.12. The van der Waals surface area contributed by atoms with Crippen LogP contribution in [0.15, 0.2) is 78.9 Å². The minimum atomic E-state index is -3.32. The molecule has 0 aliphatic carbocycles. The van der Waals surface area contributed by atoms with Crippen molar-refractivity contribution in [3.63, 3.8) is 0 Å². The van der Waals surface area contributed by atoms with Crippen molar-refractivity contribution in [2.24, 2.45) is 0 Å². The molecule has 0 amide bonds. The van der Waals surface area contributed by atoms with Crippen molar-refractivity contribution < 1.29 is 31.0 Å². The van der Waals surface area contributed by atoms with Gasteiger partial charge in [-0.1, -0.05) is 101 Å². The SMILES string of the molecule is CCCCCCS(=O)(=O)COc1ccc(-c2ccc3cc(OCS(=O)(=O)CCCCCC)ccc3c2Cc2ccc(OCCN3CCCCC3)cc2)cc1.Cl. The summed E-state index contributed by atoms with van der Waals surface area (Å²) in [5.41, 5.74) is 4.27. The highest BCUT2D eigenvalue weighted by Gasteiger charge is 2.16. The lowest BCUT2D eigenvalue weighted by Gasteiger charge is -2.26. The maximum absolute atomic E-state index is 12.6. The third-order valence-electron chi connectivity index (χ3n) is 10.1. The zero-order valence-electron chi connectivity index (χ0n) is 32.7. The first kappa shape index (κ1) is 44.4. The van der Waals surface area contributed by atoms with E-state index in [1.807, 2.05) is 60.7 Å². The van der Waals surface area contributed by atoms with Crippen molar-refractivity contribution in [1.29, 1.82) is 0 Å². The van der Waals surface area contributed by atoms with Crippen LogP contribution in [-0.4, -0.2) is 71.4 Å². The molecule has 1 fully saturated rings. The summed E-state index contributed by atoms with van der Waals surface area (Å²) in [6.45, 7) is 8.12.